The summed E-state index contributed by atoms with van der Waals surface area (Å²) >= 11 is 1.33. The van der Waals surface area contributed by atoms with Gasteiger partial charge in [0, 0.05) is 16.0 Å². The van der Waals surface area contributed by atoms with Crippen LogP contribution in [0.1, 0.15) is 31.8 Å². The van der Waals surface area contributed by atoms with Crippen LogP contribution in [0, 0.1) is 6.92 Å². The van der Waals surface area contributed by atoms with Crippen LogP contribution in [0.2, 0.25) is 0 Å². The molecule has 0 atom stereocenters. The molecule has 0 fully saturated rings. The van der Waals surface area contributed by atoms with Gasteiger partial charge in [-0.15, -0.1) is 0 Å². The van der Waals surface area contributed by atoms with Gasteiger partial charge in [-0.1, -0.05) is 84.1 Å². The topological polar surface area (TPSA) is 34.1 Å². The monoisotopic (exact) mass is 344 g/mol. The van der Waals surface area contributed by atoms with Gasteiger partial charge in [0.25, 0.3) is 0 Å². The highest BCUT2D eigenvalue weighted by Gasteiger charge is 2.55. The Bertz CT molecular complexity index is 924. The number of benzene rings is 3. The quantitative estimate of drug-likeness (QED) is 0.623. The van der Waals surface area contributed by atoms with E-state index in [4.69, 9.17) is 0 Å². The zero-order valence-electron chi connectivity index (χ0n) is 13.7. The van der Waals surface area contributed by atoms with Gasteiger partial charge in [0.05, 0.1) is 0 Å². The van der Waals surface area contributed by atoms with Crippen molar-refractivity contribution in [3.63, 3.8) is 0 Å². The minimum atomic E-state index is -1.25. The second-order valence-electron chi connectivity index (χ2n) is 6.17. The standard InChI is InChI=1S/C22H16O2S/c1-15-11-13-16(14-12-15)22(25-17-7-3-2-4-8-17)20(23)18-9-5-6-10-19(18)21(22)24/h2-14H,1H3. The molecule has 0 aromatic heterocycles. The zero-order chi connectivity index (χ0) is 17.4. The molecule has 0 radical (unpaired) electrons. The van der Waals surface area contributed by atoms with Gasteiger partial charge in [-0.3, -0.25) is 9.59 Å². The molecule has 0 saturated carbocycles. The van der Waals surface area contributed by atoms with Crippen molar-refractivity contribution in [3.8, 4) is 0 Å². The molecular weight excluding hydrogens is 328 g/mol. The van der Waals surface area contributed by atoms with Crippen LogP contribution in [0.4, 0.5) is 0 Å². The largest absolute Gasteiger partial charge is 0.292 e. The average Bonchev–Trinajstić information content (AvgIpc) is 2.86. The molecule has 2 nitrogen and oxygen atoms in total. The highest BCUT2D eigenvalue weighted by molar-refractivity contribution is 8.02. The summed E-state index contributed by atoms with van der Waals surface area (Å²) in [5.41, 5.74) is 2.85. The average molecular weight is 344 g/mol. The smallest absolute Gasteiger partial charge is 0.192 e. The first-order valence-electron chi connectivity index (χ1n) is 8.13. The van der Waals surface area contributed by atoms with E-state index in [0.717, 1.165) is 16.0 Å². The molecule has 3 aromatic rings. The van der Waals surface area contributed by atoms with E-state index in [1.54, 1.807) is 12.1 Å². The van der Waals surface area contributed by atoms with Gasteiger partial charge in [-0.25, -0.2) is 0 Å². The van der Waals surface area contributed by atoms with Crippen molar-refractivity contribution >= 4 is 23.3 Å². The van der Waals surface area contributed by atoms with Crippen LogP contribution in [-0.2, 0) is 4.75 Å². The number of aryl methyl sites for hydroxylation is 1. The maximum absolute atomic E-state index is 13.4. The number of carbonyl (C=O) groups is 2. The number of fused-ring (bicyclic) bond motifs is 1. The lowest BCUT2D eigenvalue weighted by Crippen LogP contribution is -2.34. The van der Waals surface area contributed by atoms with Crippen LogP contribution in [0.5, 0.6) is 0 Å². The van der Waals surface area contributed by atoms with Crippen LogP contribution >= 0.6 is 11.8 Å². The fraction of sp³-hybridized carbons (Fsp3) is 0.0909. The number of hydrogen-bond acceptors (Lipinski definition) is 3. The van der Waals surface area contributed by atoms with E-state index >= 15 is 0 Å². The molecular formula is C22H16O2S. The SMILES string of the molecule is Cc1ccc(C2(Sc3ccccc3)C(=O)c3ccccc3C2=O)cc1. The van der Waals surface area contributed by atoms with E-state index in [1.807, 2.05) is 73.7 Å². The molecule has 0 N–H and O–H groups in total. The van der Waals surface area contributed by atoms with Crippen LogP contribution in [-0.4, -0.2) is 11.6 Å². The number of thioether (sulfide) groups is 1. The number of carbonyl (C=O) groups excluding carboxylic acids is 2. The Morgan fingerprint density at radius 2 is 1.20 bits per heavy atom. The summed E-state index contributed by atoms with van der Waals surface area (Å²) in [6.07, 6.45) is 0. The first-order valence-corrected chi connectivity index (χ1v) is 8.94. The molecule has 25 heavy (non-hydrogen) atoms. The third-order valence-electron chi connectivity index (χ3n) is 4.53. The first kappa shape index (κ1) is 15.9. The van der Waals surface area contributed by atoms with Crippen molar-refractivity contribution in [2.45, 2.75) is 16.6 Å². The molecule has 0 saturated heterocycles. The van der Waals surface area contributed by atoms with Crippen molar-refractivity contribution in [1.82, 2.24) is 0 Å². The Hall–Kier alpha value is -2.65. The second kappa shape index (κ2) is 6.01. The Labute approximate surface area is 150 Å². The Morgan fingerprint density at radius 3 is 1.76 bits per heavy atom. The minimum absolute atomic E-state index is 0.134. The van der Waals surface area contributed by atoms with Gasteiger partial charge in [0.15, 0.2) is 16.3 Å². The van der Waals surface area contributed by atoms with Crippen molar-refractivity contribution < 1.29 is 9.59 Å². The molecule has 1 aliphatic rings. The van der Waals surface area contributed by atoms with Crippen molar-refractivity contribution in [2.75, 3.05) is 0 Å². The molecule has 0 unspecified atom stereocenters. The normalized spacial score (nSPS) is 15.2. The lowest BCUT2D eigenvalue weighted by molar-refractivity contribution is 0.0866. The molecule has 4 rings (SSSR count). The van der Waals surface area contributed by atoms with Gasteiger partial charge in [0.2, 0.25) is 0 Å². The van der Waals surface area contributed by atoms with E-state index in [9.17, 15) is 9.59 Å². The third-order valence-corrected chi connectivity index (χ3v) is 5.95. The lowest BCUT2D eigenvalue weighted by atomic mass is 9.92. The van der Waals surface area contributed by atoms with Crippen LogP contribution in [0.25, 0.3) is 0 Å². The van der Waals surface area contributed by atoms with Crippen molar-refractivity contribution in [3.05, 3.63) is 101 Å². The summed E-state index contributed by atoms with van der Waals surface area (Å²) in [4.78, 5) is 27.7. The van der Waals surface area contributed by atoms with Crippen LogP contribution in [0.3, 0.4) is 0 Å². The maximum atomic E-state index is 13.4. The molecule has 0 amide bonds. The minimum Gasteiger partial charge on any atom is -0.292 e. The molecule has 0 spiro atoms. The van der Waals surface area contributed by atoms with Gasteiger partial charge >= 0.3 is 0 Å². The summed E-state index contributed by atoms with van der Waals surface area (Å²) in [5, 5.41) is 0. The summed E-state index contributed by atoms with van der Waals surface area (Å²) in [6.45, 7) is 1.99. The molecule has 122 valence electrons. The van der Waals surface area contributed by atoms with E-state index in [1.165, 1.54) is 11.8 Å². The van der Waals surface area contributed by atoms with E-state index in [-0.39, 0.29) is 11.6 Å². The third kappa shape index (κ3) is 2.43. The fourth-order valence-electron chi connectivity index (χ4n) is 3.23. The summed E-state index contributed by atoms with van der Waals surface area (Å²) in [7, 11) is 0. The van der Waals surface area contributed by atoms with E-state index in [2.05, 4.69) is 0 Å². The van der Waals surface area contributed by atoms with E-state index in [0.29, 0.717) is 11.1 Å². The number of rotatable bonds is 3. The van der Waals surface area contributed by atoms with Crippen molar-refractivity contribution in [2.24, 2.45) is 0 Å². The molecule has 0 bridgehead atoms. The maximum Gasteiger partial charge on any atom is 0.192 e. The summed E-state index contributed by atoms with van der Waals surface area (Å²) in [5.74, 6) is -0.267. The van der Waals surface area contributed by atoms with Gasteiger partial charge in [-0.05, 0) is 24.6 Å². The number of ketones is 2. The zero-order valence-corrected chi connectivity index (χ0v) is 14.5. The Kier molecular flexibility index (Phi) is 3.81. The van der Waals surface area contributed by atoms with Gasteiger partial charge in [0.1, 0.15) is 0 Å². The van der Waals surface area contributed by atoms with Crippen LogP contribution in [0.15, 0.2) is 83.8 Å². The first-order chi connectivity index (χ1) is 12.1. The molecule has 1 aliphatic carbocycles. The number of Topliss-reactive ketones (excluding diaryl/α,β-unsaturated/α-hetero) is 2. The molecule has 0 heterocycles. The van der Waals surface area contributed by atoms with Crippen LogP contribution < -0.4 is 0 Å². The molecule has 3 heteroatoms. The highest BCUT2D eigenvalue weighted by atomic mass is 32.2. The molecule has 3 aromatic carbocycles. The van der Waals surface area contributed by atoms with Gasteiger partial charge in [-0.2, -0.15) is 0 Å². The Morgan fingerprint density at radius 1 is 0.680 bits per heavy atom. The van der Waals surface area contributed by atoms with E-state index < -0.39 is 4.75 Å². The predicted octanol–water partition coefficient (Wildman–Crippen LogP) is 5.06. The van der Waals surface area contributed by atoms with Gasteiger partial charge < -0.3 is 0 Å². The Balaban J connectivity index is 1.93. The highest BCUT2D eigenvalue weighted by Crippen LogP contribution is 2.50. The predicted molar refractivity (Wildman–Crippen MR) is 100 cm³/mol. The fourth-order valence-corrected chi connectivity index (χ4v) is 4.53. The lowest BCUT2D eigenvalue weighted by Gasteiger charge is -2.26. The summed E-state index contributed by atoms with van der Waals surface area (Å²) < 4.78 is -1.25. The van der Waals surface area contributed by atoms with Crippen molar-refractivity contribution in [1.29, 1.82) is 0 Å². The molecule has 0 aliphatic heterocycles. The second-order valence-corrected chi connectivity index (χ2v) is 7.45. The summed E-state index contributed by atoms with van der Waals surface area (Å²) in [6, 6.07) is 24.4. The number of hydrogen-bond donors (Lipinski definition) is 0.